The van der Waals surface area contributed by atoms with E-state index in [9.17, 15) is 9.59 Å². The van der Waals surface area contributed by atoms with E-state index < -0.39 is 0 Å². The lowest BCUT2D eigenvalue weighted by molar-refractivity contribution is -0.129. The summed E-state index contributed by atoms with van der Waals surface area (Å²) in [4.78, 5) is 30.2. The van der Waals surface area contributed by atoms with Crippen LogP contribution in [0.15, 0.2) is 24.5 Å². The Morgan fingerprint density at radius 3 is 2.76 bits per heavy atom. The predicted octanol–water partition coefficient (Wildman–Crippen LogP) is 2.61. The Hall–Kier alpha value is -1.56. The summed E-state index contributed by atoms with van der Waals surface area (Å²) in [5, 5.41) is 3.79. The van der Waals surface area contributed by atoms with Gasteiger partial charge in [0.2, 0.25) is 11.8 Å². The summed E-state index contributed by atoms with van der Waals surface area (Å²) in [6.45, 7) is 1.78. The highest BCUT2D eigenvalue weighted by molar-refractivity contribution is 7.99. The molecular weight excluding hydrogens is 334 g/mol. The molecule has 3 rings (SSSR count). The van der Waals surface area contributed by atoms with Crippen molar-refractivity contribution in [3.05, 3.63) is 30.1 Å². The molecule has 1 saturated heterocycles. The second kappa shape index (κ2) is 9.22. The normalized spacial score (nSPS) is 21.5. The molecule has 1 aromatic heterocycles. The molecule has 5 nitrogen and oxygen atoms in total. The smallest absolute Gasteiger partial charge is 0.225 e. The molecule has 0 unspecified atom stereocenters. The van der Waals surface area contributed by atoms with Crippen LogP contribution in [0.2, 0.25) is 0 Å². The molecule has 1 atom stereocenters. The number of hydrogen-bond acceptors (Lipinski definition) is 4. The van der Waals surface area contributed by atoms with Crippen LogP contribution in [0.4, 0.5) is 0 Å². The van der Waals surface area contributed by atoms with Gasteiger partial charge >= 0.3 is 0 Å². The Bertz CT molecular complexity index is 575. The van der Waals surface area contributed by atoms with Gasteiger partial charge in [0, 0.05) is 49.5 Å². The minimum Gasteiger partial charge on any atom is -0.355 e. The van der Waals surface area contributed by atoms with E-state index in [2.05, 4.69) is 10.3 Å². The number of likely N-dealkylation sites (tertiary alicyclic amines) is 1. The number of rotatable bonds is 7. The second-order valence-corrected chi connectivity index (χ2v) is 8.36. The molecule has 1 aromatic rings. The van der Waals surface area contributed by atoms with Gasteiger partial charge in [-0.05, 0) is 30.5 Å². The van der Waals surface area contributed by atoms with Gasteiger partial charge in [-0.3, -0.25) is 14.6 Å². The summed E-state index contributed by atoms with van der Waals surface area (Å²) in [5.74, 6) is 0.843. The van der Waals surface area contributed by atoms with Gasteiger partial charge in [0.1, 0.15) is 0 Å². The fourth-order valence-corrected chi connectivity index (χ4v) is 4.81. The number of hydrogen-bond donors (Lipinski definition) is 1. The van der Waals surface area contributed by atoms with E-state index in [0.29, 0.717) is 26.1 Å². The van der Waals surface area contributed by atoms with Crippen molar-refractivity contribution in [3.8, 4) is 0 Å². The van der Waals surface area contributed by atoms with Crippen molar-refractivity contribution in [2.24, 2.45) is 5.92 Å². The van der Waals surface area contributed by atoms with Crippen LogP contribution < -0.4 is 5.32 Å². The number of carbonyl (C=O) groups excluding carboxylic acids is 2. The van der Waals surface area contributed by atoms with Crippen LogP contribution in [0.1, 0.15) is 44.1 Å². The van der Waals surface area contributed by atoms with Crippen LogP contribution in [0.3, 0.4) is 0 Å². The van der Waals surface area contributed by atoms with Gasteiger partial charge in [-0.2, -0.15) is 11.8 Å². The molecule has 1 aliphatic carbocycles. The first-order valence-corrected chi connectivity index (χ1v) is 10.3. The van der Waals surface area contributed by atoms with Gasteiger partial charge in [-0.25, -0.2) is 0 Å². The molecular formula is C19H27N3O2S. The maximum Gasteiger partial charge on any atom is 0.225 e. The standard InChI is InChI=1S/C19H27N3O2S/c23-18-12-16(14-22(18)13-15-6-8-20-9-7-15)19(24)21-10-11-25-17-4-2-1-3-5-17/h6-9,16-17H,1-5,10-14H2,(H,21,24)/t16-/m1/s1. The predicted molar refractivity (Wildman–Crippen MR) is 100 cm³/mol. The summed E-state index contributed by atoms with van der Waals surface area (Å²) in [7, 11) is 0. The maximum atomic E-state index is 12.3. The average Bonchev–Trinajstić information content (AvgIpc) is 3.01. The molecule has 0 spiro atoms. The number of pyridine rings is 1. The first-order chi connectivity index (χ1) is 12.2. The topological polar surface area (TPSA) is 62.3 Å². The molecule has 2 aliphatic rings. The summed E-state index contributed by atoms with van der Waals surface area (Å²) >= 11 is 1.99. The van der Waals surface area contributed by atoms with Gasteiger partial charge in [-0.1, -0.05) is 19.3 Å². The van der Waals surface area contributed by atoms with Crippen molar-refractivity contribution in [2.75, 3.05) is 18.8 Å². The third kappa shape index (κ3) is 5.46. The van der Waals surface area contributed by atoms with Gasteiger partial charge < -0.3 is 10.2 Å². The highest BCUT2D eigenvalue weighted by Gasteiger charge is 2.34. The van der Waals surface area contributed by atoms with Crippen LogP contribution in [0.5, 0.6) is 0 Å². The summed E-state index contributed by atoms with van der Waals surface area (Å²) < 4.78 is 0. The number of aromatic nitrogens is 1. The summed E-state index contributed by atoms with van der Waals surface area (Å²) in [6, 6.07) is 3.81. The van der Waals surface area contributed by atoms with Crippen LogP contribution in [-0.2, 0) is 16.1 Å². The van der Waals surface area contributed by atoms with E-state index in [4.69, 9.17) is 0 Å². The van der Waals surface area contributed by atoms with Crippen molar-refractivity contribution >= 4 is 23.6 Å². The monoisotopic (exact) mass is 361 g/mol. The molecule has 136 valence electrons. The van der Waals surface area contributed by atoms with Gasteiger partial charge in [0.15, 0.2) is 0 Å². The SMILES string of the molecule is O=C(NCCSC1CCCCC1)[C@@H]1CC(=O)N(Cc2ccncc2)C1. The minimum absolute atomic E-state index is 0.0230. The van der Waals surface area contributed by atoms with E-state index >= 15 is 0 Å². The van der Waals surface area contributed by atoms with E-state index in [1.54, 1.807) is 17.3 Å². The number of amides is 2. The number of thioether (sulfide) groups is 1. The second-order valence-electron chi connectivity index (χ2n) is 6.95. The first kappa shape index (κ1) is 18.2. The molecule has 0 bridgehead atoms. The Kier molecular flexibility index (Phi) is 6.73. The van der Waals surface area contributed by atoms with E-state index in [1.165, 1.54) is 32.1 Å². The van der Waals surface area contributed by atoms with Gasteiger partial charge in [-0.15, -0.1) is 0 Å². The van der Waals surface area contributed by atoms with Gasteiger partial charge in [0.05, 0.1) is 5.92 Å². The molecule has 0 radical (unpaired) electrons. The van der Waals surface area contributed by atoms with Crippen molar-refractivity contribution in [3.63, 3.8) is 0 Å². The van der Waals surface area contributed by atoms with Crippen molar-refractivity contribution < 1.29 is 9.59 Å². The highest BCUT2D eigenvalue weighted by Crippen LogP contribution is 2.27. The Labute approximate surface area is 154 Å². The van der Waals surface area contributed by atoms with Crippen LogP contribution in [0.25, 0.3) is 0 Å². The molecule has 1 saturated carbocycles. The molecule has 1 aliphatic heterocycles. The quantitative estimate of drug-likeness (QED) is 0.759. The molecule has 25 heavy (non-hydrogen) atoms. The number of nitrogens with zero attached hydrogens (tertiary/aromatic N) is 2. The molecule has 2 heterocycles. The fourth-order valence-electron chi connectivity index (χ4n) is 3.59. The Morgan fingerprint density at radius 2 is 2.00 bits per heavy atom. The number of nitrogens with one attached hydrogen (secondary N) is 1. The van der Waals surface area contributed by atoms with E-state index in [1.807, 2.05) is 23.9 Å². The fraction of sp³-hybridized carbons (Fsp3) is 0.632. The summed E-state index contributed by atoms with van der Waals surface area (Å²) in [6.07, 6.45) is 10.5. The minimum atomic E-state index is -0.214. The third-order valence-electron chi connectivity index (χ3n) is 5.02. The first-order valence-electron chi connectivity index (χ1n) is 9.28. The van der Waals surface area contributed by atoms with Crippen molar-refractivity contribution in [1.29, 1.82) is 0 Å². The zero-order valence-corrected chi connectivity index (χ0v) is 15.5. The van der Waals surface area contributed by atoms with Crippen molar-refractivity contribution in [2.45, 2.75) is 50.3 Å². The Balaban J connectivity index is 1.37. The van der Waals surface area contributed by atoms with Crippen LogP contribution in [0, 0.1) is 5.92 Å². The zero-order valence-electron chi connectivity index (χ0n) is 14.7. The lowest BCUT2D eigenvalue weighted by Gasteiger charge is -2.21. The van der Waals surface area contributed by atoms with Crippen LogP contribution >= 0.6 is 11.8 Å². The van der Waals surface area contributed by atoms with Crippen molar-refractivity contribution in [1.82, 2.24) is 15.2 Å². The van der Waals surface area contributed by atoms with Gasteiger partial charge in [0.25, 0.3) is 0 Å². The Morgan fingerprint density at radius 1 is 1.24 bits per heavy atom. The average molecular weight is 362 g/mol. The molecule has 0 aromatic carbocycles. The molecule has 2 fully saturated rings. The lowest BCUT2D eigenvalue weighted by atomic mass is 10.0. The van der Waals surface area contributed by atoms with Crippen LogP contribution in [-0.4, -0.2) is 45.8 Å². The summed E-state index contributed by atoms with van der Waals surface area (Å²) in [5.41, 5.74) is 1.05. The molecule has 6 heteroatoms. The lowest BCUT2D eigenvalue weighted by Crippen LogP contribution is -2.34. The zero-order chi connectivity index (χ0) is 17.5. The van der Waals surface area contributed by atoms with E-state index in [-0.39, 0.29) is 17.7 Å². The highest BCUT2D eigenvalue weighted by atomic mass is 32.2. The molecule has 1 N–H and O–H groups in total. The molecule has 2 amide bonds. The maximum absolute atomic E-state index is 12.3. The third-order valence-corrected chi connectivity index (χ3v) is 6.40. The van der Waals surface area contributed by atoms with E-state index in [0.717, 1.165) is 16.6 Å². The largest absolute Gasteiger partial charge is 0.355 e. The number of carbonyl (C=O) groups is 2.